The van der Waals surface area contributed by atoms with E-state index in [0.29, 0.717) is 11.3 Å². The maximum atomic E-state index is 13.8. The SMILES string of the molecule is COc1ccccc1C1/C(=C(\O)c2ccc(F)c(C)c2)C(=O)C(=O)N1c1ccccc1O. The van der Waals surface area contributed by atoms with Crippen molar-refractivity contribution in [2.45, 2.75) is 13.0 Å². The van der Waals surface area contributed by atoms with Crippen LogP contribution in [0.3, 0.4) is 0 Å². The number of amides is 1. The number of benzene rings is 3. The lowest BCUT2D eigenvalue weighted by Gasteiger charge is -2.27. The molecule has 1 aliphatic heterocycles. The first kappa shape index (κ1) is 21.1. The minimum absolute atomic E-state index is 0.111. The van der Waals surface area contributed by atoms with Crippen LogP contribution in [0.4, 0.5) is 10.1 Å². The fourth-order valence-corrected chi connectivity index (χ4v) is 3.88. The number of nitrogens with zero attached hydrogens (tertiary/aromatic N) is 1. The first-order valence-electron chi connectivity index (χ1n) is 9.83. The maximum Gasteiger partial charge on any atom is 0.300 e. The summed E-state index contributed by atoms with van der Waals surface area (Å²) in [5.41, 5.74) is 0.836. The van der Waals surface area contributed by atoms with E-state index in [1.165, 1.54) is 44.4 Å². The summed E-state index contributed by atoms with van der Waals surface area (Å²) in [5.74, 6) is -2.56. The number of ketones is 1. The number of rotatable bonds is 4. The van der Waals surface area contributed by atoms with Crippen LogP contribution in [0.2, 0.25) is 0 Å². The fourth-order valence-electron chi connectivity index (χ4n) is 3.88. The molecule has 1 heterocycles. The van der Waals surface area contributed by atoms with Crippen LogP contribution in [0, 0.1) is 12.7 Å². The van der Waals surface area contributed by atoms with Gasteiger partial charge in [0.15, 0.2) is 0 Å². The summed E-state index contributed by atoms with van der Waals surface area (Å²) in [7, 11) is 1.45. The molecule has 0 aliphatic carbocycles. The molecule has 1 fully saturated rings. The van der Waals surface area contributed by atoms with E-state index < -0.39 is 29.3 Å². The minimum Gasteiger partial charge on any atom is -0.507 e. The normalized spacial score (nSPS) is 17.6. The average molecular weight is 433 g/mol. The Kier molecular flexibility index (Phi) is 5.40. The van der Waals surface area contributed by atoms with Gasteiger partial charge in [-0.05, 0) is 48.9 Å². The molecule has 0 bridgehead atoms. The Labute approximate surface area is 183 Å². The Bertz CT molecular complexity index is 1270. The van der Waals surface area contributed by atoms with Gasteiger partial charge in [0.25, 0.3) is 11.7 Å². The number of aryl methyl sites for hydroxylation is 1. The van der Waals surface area contributed by atoms with E-state index >= 15 is 0 Å². The van der Waals surface area contributed by atoms with E-state index in [-0.39, 0.29) is 28.1 Å². The Morgan fingerprint density at radius 2 is 1.72 bits per heavy atom. The Morgan fingerprint density at radius 3 is 2.41 bits per heavy atom. The third-order valence-corrected chi connectivity index (χ3v) is 5.45. The van der Waals surface area contributed by atoms with Crippen LogP contribution in [0.5, 0.6) is 11.5 Å². The second-order valence-corrected chi connectivity index (χ2v) is 7.36. The van der Waals surface area contributed by atoms with Crippen molar-refractivity contribution in [3.8, 4) is 11.5 Å². The molecular formula is C25H20FNO5. The van der Waals surface area contributed by atoms with Crippen molar-refractivity contribution < 1.29 is 28.9 Å². The number of methoxy groups -OCH3 is 1. The lowest BCUT2D eigenvalue weighted by molar-refractivity contribution is -0.132. The Morgan fingerprint density at radius 1 is 1.03 bits per heavy atom. The Hall–Kier alpha value is -4.13. The largest absolute Gasteiger partial charge is 0.507 e. The smallest absolute Gasteiger partial charge is 0.300 e. The van der Waals surface area contributed by atoms with E-state index in [1.54, 1.807) is 36.4 Å². The van der Waals surface area contributed by atoms with Gasteiger partial charge in [-0.3, -0.25) is 14.5 Å². The number of para-hydroxylation sites is 3. The number of carbonyl (C=O) groups excluding carboxylic acids is 2. The molecule has 0 radical (unpaired) electrons. The van der Waals surface area contributed by atoms with Crippen molar-refractivity contribution in [1.82, 2.24) is 0 Å². The molecule has 1 saturated heterocycles. The molecule has 0 spiro atoms. The third kappa shape index (κ3) is 3.37. The van der Waals surface area contributed by atoms with Gasteiger partial charge in [-0.15, -0.1) is 0 Å². The van der Waals surface area contributed by atoms with Gasteiger partial charge in [0.1, 0.15) is 23.1 Å². The number of hydrogen-bond acceptors (Lipinski definition) is 5. The number of aromatic hydroxyl groups is 1. The number of halogens is 1. The number of Topliss-reactive ketones (excluding diaryl/α,β-unsaturated/α-hetero) is 1. The van der Waals surface area contributed by atoms with Crippen molar-refractivity contribution in [2.24, 2.45) is 0 Å². The van der Waals surface area contributed by atoms with Crippen LogP contribution in [0.1, 0.15) is 22.7 Å². The van der Waals surface area contributed by atoms with Crippen LogP contribution >= 0.6 is 0 Å². The molecule has 6 nitrogen and oxygen atoms in total. The first-order valence-corrected chi connectivity index (χ1v) is 9.83. The van der Waals surface area contributed by atoms with Gasteiger partial charge in [-0.1, -0.05) is 30.3 Å². The summed E-state index contributed by atoms with van der Waals surface area (Å²) in [5, 5.41) is 21.5. The predicted molar refractivity (Wildman–Crippen MR) is 117 cm³/mol. The number of anilines is 1. The van der Waals surface area contributed by atoms with Gasteiger partial charge in [-0.25, -0.2) is 4.39 Å². The molecule has 2 N–H and O–H groups in total. The van der Waals surface area contributed by atoms with Crippen molar-refractivity contribution in [2.75, 3.05) is 12.0 Å². The number of ether oxygens (including phenoxy) is 1. The highest BCUT2D eigenvalue weighted by Crippen LogP contribution is 2.46. The summed E-state index contributed by atoms with van der Waals surface area (Å²) in [6, 6.07) is 15.7. The summed E-state index contributed by atoms with van der Waals surface area (Å²) >= 11 is 0. The molecule has 0 aromatic heterocycles. The van der Waals surface area contributed by atoms with Crippen LogP contribution in [0.25, 0.3) is 5.76 Å². The second kappa shape index (κ2) is 8.19. The van der Waals surface area contributed by atoms with Crippen LogP contribution in [-0.4, -0.2) is 29.0 Å². The molecular weight excluding hydrogens is 413 g/mol. The van der Waals surface area contributed by atoms with Crippen LogP contribution < -0.4 is 9.64 Å². The zero-order valence-electron chi connectivity index (χ0n) is 17.4. The Balaban J connectivity index is 2.01. The molecule has 1 unspecified atom stereocenters. The topological polar surface area (TPSA) is 87.1 Å². The quantitative estimate of drug-likeness (QED) is 0.360. The molecule has 1 amide bonds. The average Bonchev–Trinajstić information content (AvgIpc) is 3.05. The summed E-state index contributed by atoms with van der Waals surface area (Å²) < 4.78 is 19.2. The predicted octanol–water partition coefficient (Wildman–Crippen LogP) is 4.47. The summed E-state index contributed by atoms with van der Waals surface area (Å²) in [4.78, 5) is 27.4. The zero-order valence-corrected chi connectivity index (χ0v) is 17.4. The van der Waals surface area contributed by atoms with Crippen molar-refractivity contribution in [3.63, 3.8) is 0 Å². The van der Waals surface area contributed by atoms with Crippen LogP contribution in [-0.2, 0) is 9.59 Å². The van der Waals surface area contributed by atoms with E-state index in [9.17, 15) is 24.2 Å². The van der Waals surface area contributed by atoms with Gasteiger partial charge in [0.2, 0.25) is 0 Å². The number of aliphatic hydroxyl groups excluding tert-OH is 1. The van der Waals surface area contributed by atoms with E-state index in [2.05, 4.69) is 0 Å². The number of phenols is 1. The zero-order chi connectivity index (χ0) is 23.0. The second-order valence-electron chi connectivity index (χ2n) is 7.36. The lowest BCUT2D eigenvalue weighted by atomic mass is 9.94. The molecule has 3 aromatic carbocycles. The van der Waals surface area contributed by atoms with Crippen molar-refractivity contribution >= 4 is 23.1 Å². The molecule has 162 valence electrons. The molecule has 4 rings (SSSR count). The van der Waals surface area contributed by atoms with Gasteiger partial charge < -0.3 is 14.9 Å². The maximum absolute atomic E-state index is 13.8. The lowest BCUT2D eigenvalue weighted by Crippen LogP contribution is -2.29. The number of hydrogen-bond donors (Lipinski definition) is 2. The highest BCUT2D eigenvalue weighted by atomic mass is 19.1. The molecule has 1 aliphatic rings. The minimum atomic E-state index is -1.08. The van der Waals surface area contributed by atoms with Gasteiger partial charge >= 0.3 is 0 Å². The van der Waals surface area contributed by atoms with Crippen molar-refractivity contribution in [1.29, 1.82) is 0 Å². The van der Waals surface area contributed by atoms with E-state index in [1.807, 2.05) is 0 Å². The van der Waals surface area contributed by atoms with Gasteiger partial charge in [0.05, 0.1) is 24.4 Å². The van der Waals surface area contributed by atoms with Crippen LogP contribution in [0.15, 0.2) is 72.3 Å². The molecule has 32 heavy (non-hydrogen) atoms. The monoisotopic (exact) mass is 433 g/mol. The number of aliphatic hydroxyl groups is 1. The number of phenolic OH excluding ortho intramolecular Hbond substituents is 1. The standard InChI is InChI=1S/C25H20FNO5/c1-14-13-15(11-12-17(14)26)23(29)21-22(16-7-3-6-10-20(16)32-2)27(25(31)24(21)30)18-8-4-5-9-19(18)28/h3-13,22,28-29H,1-2H3/b23-21+. The van der Waals surface area contributed by atoms with Crippen molar-refractivity contribution in [3.05, 3.63) is 94.8 Å². The third-order valence-electron chi connectivity index (χ3n) is 5.45. The summed E-state index contributed by atoms with van der Waals surface area (Å²) in [6.45, 7) is 1.53. The number of carbonyl (C=O) groups is 2. The highest BCUT2D eigenvalue weighted by Gasteiger charge is 2.48. The molecule has 3 aromatic rings. The van der Waals surface area contributed by atoms with E-state index in [0.717, 1.165) is 4.90 Å². The molecule has 1 atom stereocenters. The fraction of sp³-hybridized carbons (Fsp3) is 0.120. The van der Waals surface area contributed by atoms with Gasteiger partial charge in [0, 0.05) is 11.1 Å². The van der Waals surface area contributed by atoms with Gasteiger partial charge in [-0.2, -0.15) is 0 Å². The molecule has 7 heteroatoms. The summed E-state index contributed by atoms with van der Waals surface area (Å²) in [6.07, 6.45) is 0. The highest BCUT2D eigenvalue weighted by molar-refractivity contribution is 6.52. The first-order chi connectivity index (χ1) is 15.3. The van der Waals surface area contributed by atoms with E-state index in [4.69, 9.17) is 4.74 Å². The molecule has 0 saturated carbocycles.